The molecular formula is C13H17N5O2S. The van der Waals surface area contributed by atoms with Gasteiger partial charge in [0.05, 0.1) is 30.4 Å². The van der Waals surface area contributed by atoms with E-state index in [0.29, 0.717) is 23.8 Å². The number of sulfonamides is 1. The van der Waals surface area contributed by atoms with Gasteiger partial charge in [-0.3, -0.25) is 4.98 Å². The zero-order chi connectivity index (χ0) is 15.0. The number of hydrogen-bond acceptors (Lipinski definition) is 5. The molecule has 0 bridgehead atoms. The molecule has 3 heterocycles. The van der Waals surface area contributed by atoms with Gasteiger partial charge in [0.25, 0.3) is 0 Å². The molecule has 1 saturated heterocycles. The standard InChI is InChI=1S/C13H17N5O2S/c1-9-6-16-13(17-9)11-8-14-10(7-15-11)12-4-3-5-18(12)21(2,19)20/h6-8,12H,3-5H2,1-2H3,(H,16,17). The predicted molar refractivity (Wildman–Crippen MR) is 77.9 cm³/mol. The van der Waals surface area contributed by atoms with Gasteiger partial charge in [-0.05, 0) is 19.8 Å². The highest BCUT2D eigenvalue weighted by molar-refractivity contribution is 7.88. The molecule has 1 aliphatic rings. The van der Waals surface area contributed by atoms with Crippen LogP contribution in [0.4, 0.5) is 0 Å². The molecule has 0 saturated carbocycles. The first-order valence-corrected chi connectivity index (χ1v) is 8.61. The summed E-state index contributed by atoms with van der Waals surface area (Å²) in [6.45, 7) is 2.46. The van der Waals surface area contributed by atoms with E-state index in [1.807, 2.05) is 6.92 Å². The van der Waals surface area contributed by atoms with Gasteiger partial charge in [0.1, 0.15) is 5.69 Å². The second-order valence-corrected chi connectivity index (χ2v) is 7.21. The maximum atomic E-state index is 11.8. The number of aryl methyl sites for hydroxylation is 1. The highest BCUT2D eigenvalue weighted by Crippen LogP contribution is 2.32. The molecule has 3 rings (SSSR count). The molecule has 1 N–H and O–H groups in total. The van der Waals surface area contributed by atoms with Crippen LogP contribution in [0.1, 0.15) is 30.3 Å². The monoisotopic (exact) mass is 307 g/mol. The Labute approximate surface area is 123 Å². The molecule has 1 aliphatic heterocycles. The van der Waals surface area contributed by atoms with E-state index >= 15 is 0 Å². The molecule has 1 unspecified atom stereocenters. The molecule has 7 nitrogen and oxygen atoms in total. The van der Waals surface area contributed by atoms with Crippen LogP contribution in [-0.2, 0) is 10.0 Å². The Morgan fingerprint density at radius 3 is 2.62 bits per heavy atom. The Bertz CT molecular complexity index is 738. The lowest BCUT2D eigenvalue weighted by Gasteiger charge is -2.21. The number of nitrogens with zero attached hydrogens (tertiary/aromatic N) is 4. The van der Waals surface area contributed by atoms with Gasteiger partial charge in [-0.2, -0.15) is 4.31 Å². The number of hydrogen-bond donors (Lipinski definition) is 1. The molecule has 0 amide bonds. The third-order valence-corrected chi connectivity index (χ3v) is 4.88. The summed E-state index contributed by atoms with van der Waals surface area (Å²) < 4.78 is 25.0. The van der Waals surface area contributed by atoms with Gasteiger partial charge < -0.3 is 4.98 Å². The lowest BCUT2D eigenvalue weighted by molar-refractivity contribution is 0.393. The van der Waals surface area contributed by atoms with Crippen molar-refractivity contribution >= 4 is 10.0 Å². The fourth-order valence-corrected chi connectivity index (χ4v) is 3.74. The van der Waals surface area contributed by atoms with Crippen molar-refractivity contribution in [2.75, 3.05) is 12.8 Å². The van der Waals surface area contributed by atoms with Gasteiger partial charge in [0.2, 0.25) is 10.0 Å². The number of aromatic amines is 1. The lowest BCUT2D eigenvalue weighted by atomic mass is 10.2. The fraction of sp³-hybridized carbons (Fsp3) is 0.462. The molecule has 21 heavy (non-hydrogen) atoms. The quantitative estimate of drug-likeness (QED) is 0.922. The van der Waals surface area contributed by atoms with Crippen molar-refractivity contribution in [1.82, 2.24) is 24.2 Å². The second kappa shape index (κ2) is 5.19. The zero-order valence-electron chi connectivity index (χ0n) is 11.9. The van der Waals surface area contributed by atoms with E-state index in [1.165, 1.54) is 10.6 Å². The average molecular weight is 307 g/mol. The highest BCUT2D eigenvalue weighted by atomic mass is 32.2. The van der Waals surface area contributed by atoms with Crippen LogP contribution in [0.15, 0.2) is 18.6 Å². The van der Waals surface area contributed by atoms with E-state index in [-0.39, 0.29) is 6.04 Å². The normalized spacial score (nSPS) is 20.0. The van der Waals surface area contributed by atoms with Gasteiger partial charge >= 0.3 is 0 Å². The van der Waals surface area contributed by atoms with Crippen LogP contribution in [-0.4, -0.2) is 45.5 Å². The van der Waals surface area contributed by atoms with Crippen molar-refractivity contribution < 1.29 is 8.42 Å². The van der Waals surface area contributed by atoms with E-state index in [4.69, 9.17) is 0 Å². The Kier molecular flexibility index (Phi) is 3.50. The first kappa shape index (κ1) is 14.2. The number of H-pyrrole nitrogens is 1. The van der Waals surface area contributed by atoms with Crippen LogP contribution in [0.3, 0.4) is 0 Å². The lowest BCUT2D eigenvalue weighted by Crippen LogP contribution is -2.29. The minimum Gasteiger partial charge on any atom is -0.341 e. The smallest absolute Gasteiger partial charge is 0.211 e. The molecular weight excluding hydrogens is 290 g/mol. The van der Waals surface area contributed by atoms with Crippen LogP contribution in [0, 0.1) is 6.92 Å². The van der Waals surface area contributed by atoms with Crippen molar-refractivity contribution in [3.63, 3.8) is 0 Å². The first-order chi connectivity index (χ1) is 9.95. The molecule has 2 aromatic rings. The van der Waals surface area contributed by atoms with Crippen LogP contribution in [0.25, 0.3) is 11.5 Å². The summed E-state index contributed by atoms with van der Waals surface area (Å²) in [4.78, 5) is 16.0. The van der Waals surface area contributed by atoms with Gasteiger partial charge in [-0.15, -0.1) is 0 Å². The van der Waals surface area contributed by atoms with Crippen molar-refractivity contribution in [2.45, 2.75) is 25.8 Å². The summed E-state index contributed by atoms with van der Waals surface area (Å²) >= 11 is 0. The van der Waals surface area contributed by atoms with Gasteiger partial charge in [-0.1, -0.05) is 0 Å². The van der Waals surface area contributed by atoms with Crippen molar-refractivity contribution in [3.8, 4) is 11.5 Å². The summed E-state index contributed by atoms with van der Waals surface area (Å²) in [5.41, 5.74) is 2.29. The summed E-state index contributed by atoms with van der Waals surface area (Å²) in [5.74, 6) is 0.665. The van der Waals surface area contributed by atoms with E-state index in [1.54, 1.807) is 18.6 Å². The van der Waals surface area contributed by atoms with Gasteiger partial charge in [0, 0.05) is 18.4 Å². The molecule has 8 heteroatoms. The van der Waals surface area contributed by atoms with Crippen molar-refractivity contribution in [3.05, 3.63) is 30.0 Å². The average Bonchev–Trinajstić information content (AvgIpc) is 3.07. The van der Waals surface area contributed by atoms with E-state index < -0.39 is 10.0 Å². The second-order valence-electron chi connectivity index (χ2n) is 5.27. The molecule has 1 atom stereocenters. The van der Waals surface area contributed by atoms with Crippen LogP contribution in [0.2, 0.25) is 0 Å². The summed E-state index contributed by atoms with van der Waals surface area (Å²) in [5, 5.41) is 0. The van der Waals surface area contributed by atoms with Crippen molar-refractivity contribution in [1.29, 1.82) is 0 Å². The Balaban J connectivity index is 1.87. The maximum Gasteiger partial charge on any atom is 0.211 e. The van der Waals surface area contributed by atoms with Gasteiger partial charge in [0.15, 0.2) is 5.82 Å². The SMILES string of the molecule is Cc1cnc(-c2cnc(C3CCCN3S(C)(=O)=O)cn2)[nH]1. The van der Waals surface area contributed by atoms with E-state index in [2.05, 4.69) is 19.9 Å². The number of nitrogens with one attached hydrogen (secondary N) is 1. The molecule has 112 valence electrons. The third-order valence-electron chi connectivity index (χ3n) is 3.59. The zero-order valence-corrected chi connectivity index (χ0v) is 12.8. The van der Waals surface area contributed by atoms with E-state index in [9.17, 15) is 8.42 Å². The summed E-state index contributed by atoms with van der Waals surface area (Å²) in [6, 6.07) is -0.208. The Morgan fingerprint density at radius 1 is 1.24 bits per heavy atom. The van der Waals surface area contributed by atoms with Crippen LogP contribution >= 0.6 is 0 Å². The Morgan fingerprint density at radius 2 is 2.05 bits per heavy atom. The molecule has 2 aromatic heterocycles. The number of rotatable bonds is 3. The molecule has 0 aliphatic carbocycles. The highest BCUT2D eigenvalue weighted by Gasteiger charge is 2.33. The minimum atomic E-state index is -3.21. The molecule has 0 spiro atoms. The first-order valence-electron chi connectivity index (χ1n) is 6.76. The van der Waals surface area contributed by atoms with Crippen LogP contribution < -0.4 is 0 Å². The van der Waals surface area contributed by atoms with Gasteiger partial charge in [-0.25, -0.2) is 18.4 Å². The largest absolute Gasteiger partial charge is 0.341 e. The molecule has 0 aromatic carbocycles. The Hall–Kier alpha value is -1.80. The summed E-state index contributed by atoms with van der Waals surface area (Å²) in [7, 11) is -3.21. The maximum absolute atomic E-state index is 11.8. The number of imidazole rings is 1. The molecule has 0 radical (unpaired) electrons. The predicted octanol–water partition coefficient (Wildman–Crippen LogP) is 1.27. The van der Waals surface area contributed by atoms with E-state index in [0.717, 1.165) is 18.5 Å². The minimum absolute atomic E-state index is 0.208. The third kappa shape index (κ3) is 2.81. The van der Waals surface area contributed by atoms with Crippen molar-refractivity contribution in [2.24, 2.45) is 0 Å². The number of aromatic nitrogens is 4. The topological polar surface area (TPSA) is 91.8 Å². The van der Waals surface area contributed by atoms with Crippen LogP contribution in [0.5, 0.6) is 0 Å². The fourth-order valence-electron chi connectivity index (χ4n) is 2.61. The summed E-state index contributed by atoms with van der Waals surface area (Å²) in [6.07, 6.45) is 7.86. The molecule has 1 fully saturated rings.